The minimum Gasteiger partial charge on any atom is -0.508 e. The van der Waals surface area contributed by atoms with Gasteiger partial charge in [0.15, 0.2) is 0 Å². The van der Waals surface area contributed by atoms with Crippen molar-refractivity contribution in [2.45, 2.75) is 70.0 Å². The summed E-state index contributed by atoms with van der Waals surface area (Å²) in [6.07, 6.45) is -0.759. The van der Waals surface area contributed by atoms with Crippen LogP contribution in [0, 0.1) is 0 Å². The highest BCUT2D eigenvalue weighted by molar-refractivity contribution is 5.82. The Labute approximate surface area is 242 Å². The second-order valence-electron chi connectivity index (χ2n) is 12.1. The first-order chi connectivity index (χ1) is 19.6. The molecule has 2 aromatic rings. The Morgan fingerprint density at radius 3 is 2.46 bits per heavy atom. The minimum atomic E-state index is -0.948. The van der Waals surface area contributed by atoms with Gasteiger partial charge in [0.05, 0.1) is 25.4 Å². The van der Waals surface area contributed by atoms with E-state index in [1.54, 1.807) is 12.1 Å². The van der Waals surface area contributed by atoms with Crippen molar-refractivity contribution >= 4 is 12.0 Å². The third-order valence-electron chi connectivity index (χ3n) is 7.37. The highest BCUT2D eigenvalue weighted by atomic mass is 16.6. The second-order valence-corrected chi connectivity index (χ2v) is 12.1. The number of amides is 2. The van der Waals surface area contributed by atoms with Gasteiger partial charge in [-0.25, -0.2) is 4.79 Å². The molecule has 2 saturated heterocycles. The Morgan fingerprint density at radius 2 is 1.80 bits per heavy atom. The van der Waals surface area contributed by atoms with E-state index < -0.39 is 29.8 Å². The zero-order chi connectivity index (χ0) is 29.4. The second kappa shape index (κ2) is 14.1. The fourth-order valence-corrected chi connectivity index (χ4v) is 5.26. The van der Waals surface area contributed by atoms with Crippen LogP contribution in [-0.2, 0) is 27.2 Å². The molecule has 2 aromatic carbocycles. The molecule has 0 spiro atoms. The molecule has 2 amide bonds. The predicted octanol–water partition coefficient (Wildman–Crippen LogP) is 2.28. The number of aliphatic hydroxyl groups excluding tert-OH is 1. The molecule has 4 atom stereocenters. The lowest BCUT2D eigenvalue weighted by Crippen LogP contribution is -2.63. The first kappa shape index (κ1) is 30.8. The molecule has 4 N–H and O–H groups in total. The number of alkyl carbamates (subject to hydrolysis) is 1. The number of aromatic hydroxyl groups is 1. The summed E-state index contributed by atoms with van der Waals surface area (Å²) in [6.45, 7) is 9.38. The van der Waals surface area contributed by atoms with Gasteiger partial charge in [-0.1, -0.05) is 42.5 Å². The van der Waals surface area contributed by atoms with Crippen molar-refractivity contribution < 1.29 is 29.3 Å². The van der Waals surface area contributed by atoms with Crippen molar-refractivity contribution in [3.05, 3.63) is 65.7 Å². The number of phenols is 1. The summed E-state index contributed by atoms with van der Waals surface area (Å²) in [5.41, 5.74) is 1.61. The summed E-state index contributed by atoms with van der Waals surface area (Å²) in [4.78, 5) is 30.5. The van der Waals surface area contributed by atoms with Gasteiger partial charge in [-0.3, -0.25) is 14.6 Å². The number of piperazine rings is 1. The highest BCUT2D eigenvalue weighted by Gasteiger charge is 2.36. The van der Waals surface area contributed by atoms with Crippen LogP contribution in [0.1, 0.15) is 38.3 Å². The van der Waals surface area contributed by atoms with E-state index in [2.05, 4.69) is 15.5 Å². The molecule has 10 nitrogen and oxygen atoms in total. The summed E-state index contributed by atoms with van der Waals surface area (Å²) in [5, 5.41) is 27.1. The number of carbonyl (C=O) groups is 2. The Morgan fingerprint density at radius 1 is 1.07 bits per heavy atom. The Hall–Kier alpha value is -3.18. The van der Waals surface area contributed by atoms with E-state index in [0.29, 0.717) is 52.2 Å². The van der Waals surface area contributed by atoms with Crippen LogP contribution in [0.3, 0.4) is 0 Å². The van der Waals surface area contributed by atoms with Crippen molar-refractivity contribution in [2.75, 3.05) is 39.4 Å². The molecule has 0 unspecified atom stereocenters. The molecule has 0 aliphatic carbocycles. The molecule has 0 radical (unpaired) electrons. The molecule has 4 rings (SSSR count). The number of nitrogens with one attached hydrogen (secondary N) is 2. The van der Waals surface area contributed by atoms with Crippen molar-refractivity contribution in [1.29, 1.82) is 0 Å². The van der Waals surface area contributed by atoms with Crippen molar-refractivity contribution in [3.8, 4) is 5.75 Å². The molecule has 2 aliphatic rings. The third-order valence-corrected chi connectivity index (χ3v) is 7.37. The molecule has 41 heavy (non-hydrogen) atoms. The molecule has 0 aromatic heterocycles. The zero-order valence-electron chi connectivity index (χ0n) is 24.3. The molecule has 0 saturated carbocycles. The lowest BCUT2D eigenvalue weighted by atomic mass is 9.99. The number of aliphatic hydroxyl groups is 1. The van der Waals surface area contributed by atoms with Crippen molar-refractivity contribution in [1.82, 2.24) is 20.4 Å². The average molecular weight is 569 g/mol. The predicted molar refractivity (Wildman–Crippen MR) is 155 cm³/mol. The van der Waals surface area contributed by atoms with E-state index in [4.69, 9.17) is 9.47 Å². The van der Waals surface area contributed by atoms with Crippen LogP contribution < -0.4 is 10.6 Å². The van der Waals surface area contributed by atoms with E-state index in [1.807, 2.05) is 68.1 Å². The number of hydrogen-bond acceptors (Lipinski definition) is 8. The van der Waals surface area contributed by atoms with Gasteiger partial charge >= 0.3 is 6.09 Å². The van der Waals surface area contributed by atoms with Crippen LogP contribution in [0.2, 0.25) is 0 Å². The highest BCUT2D eigenvalue weighted by Crippen LogP contribution is 2.19. The number of hydrogen-bond donors (Lipinski definition) is 4. The van der Waals surface area contributed by atoms with E-state index in [9.17, 15) is 19.8 Å². The molecule has 10 heteroatoms. The van der Waals surface area contributed by atoms with E-state index in [-0.39, 0.29) is 24.3 Å². The van der Waals surface area contributed by atoms with Crippen molar-refractivity contribution in [2.24, 2.45) is 0 Å². The largest absolute Gasteiger partial charge is 0.508 e. The lowest BCUT2D eigenvalue weighted by Gasteiger charge is -2.43. The number of ether oxygens (including phenoxy) is 2. The quantitative estimate of drug-likeness (QED) is 0.344. The lowest BCUT2D eigenvalue weighted by molar-refractivity contribution is -0.131. The summed E-state index contributed by atoms with van der Waals surface area (Å²) < 4.78 is 10.8. The van der Waals surface area contributed by atoms with Crippen LogP contribution in [0.5, 0.6) is 5.75 Å². The Bertz CT molecular complexity index is 1120. The van der Waals surface area contributed by atoms with Crippen LogP contribution in [0.15, 0.2) is 54.6 Å². The Balaban J connectivity index is 1.46. The summed E-state index contributed by atoms with van der Waals surface area (Å²) in [6, 6.07) is 15.7. The van der Waals surface area contributed by atoms with Gasteiger partial charge < -0.3 is 30.3 Å². The molecule has 0 bridgehead atoms. The molecule has 2 heterocycles. The molecular formula is C31H44N4O6. The number of benzene rings is 2. The van der Waals surface area contributed by atoms with Gasteiger partial charge in [0.2, 0.25) is 5.91 Å². The summed E-state index contributed by atoms with van der Waals surface area (Å²) in [7, 11) is 0. The van der Waals surface area contributed by atoms with E-state index in [1.165, 1.54) is 0 Å². The number of nitrogens with zero attached hydrogens (tertiary/aromatic N) is 2. The van der Waals surface area contributed by atoms with Crippen LogP contribution in [0.25, 0.3) is 0 Å². The normalized spacial score (nSPS) is 21.7. The third kappa shape index (κ3) is 9.71. The van der Waals surface area contributed by atoms with Crippen molar-refractivity contribution in [3.63, 3.8) is 0 Å². The standard InChI is InChI=1S/C31H44N4O6/c1-31(2,3)33-29(38)27-19-34(18-23-9-11-24(36)12-10-23)14-15-35(27)20-28(37)26(17-22-7-5-4-6-8-22)32-30(39)41-25-13-16-40-21-25/h4-12,25-28,36-37H,13-21H2,1-3H3,(H,32,39)(H,33,38)/t25-,26-,27-,28+/m0/s1. The van der Waals surface area contributed by atoms with Gasteiger partial charge in [0.25, 0.3) is 0 Å². The maximum atomic E-state index is 13.5. The van der Waals surface area contributed by atoms with E-state index in [0.717, 1.165) is 11.1 Å². The monoisotopic (exact) mass is 568 g/mol. The first-order valence-electron chi connectivity index (χ1n) is 14.4. The number of carbonyl (C=O) groups excluding carboxylic acids is 2. The number of phenolic OH excluding ortho intramolecular Hbond substituents is 1. The smallest absolute Gasteiger partial charge is 0.407 e. The van der Waals surface area contributed by atoms with Gasteiger partial charge in [-0.2, -0.15) is 0 Å². The van der Waals surface area contributed by atoms with Crippen LogP contribution in [-0.4, -0.2) is 101 Å². The zero-order valence-corrected chi connectivity index (χ0v) is 24.3. The van der Waals surface area contributed by atoms with Gasteiger partial charge in [0.1, 0.15) is 17.9 Å². The summed E-state index contributed by atoms with van der Waals surface area (Å²) >= 11 is 0. The SMILES string of the molecule is CC(C)(C)NC(=O)[C@@H]1CN(Cc2ccc(O)cc2)CCN1C[C@@H](O)[C@H](Cc1ccccc1)NC(=O)O[C@H]1CCOC1. The fourth-order valence-electron chi connectivity index (χ4n) is 5.26. The molecule has 2 fully saturated rings. The van der Waals surface area contributed by atoms with Gasteiger partial charge in [-0.05, 0) is 50.5 Å². The van der Waals surface area contributed by atoms with Crippen LogP contribution in [0.4, 0.5) is 4.79 Å². The molecular weight excluding hydrogens is 524 g/mol. The van der Waals surface area contributed by atoms with Gasteiger partial charge in [0, 0.05) is 44.7 Å². The minimum absolute atomic E-state index is 0.103. The number of rotatable bonds is 10. The molecule has 2 aliphatic heterocycles. The topological polar surface area (TPSA) is 124 Å². The van der Waals surface area contributed by atoms with Crippen LogP contribution >= 0.6 is 0 Å². The maximum Gasteiger partial charge on any atom is 0.407 e. The average Bonchev–Trinajstić information content (AvgIpc) is 3.43. The summed E-state index contributed by atoms with van der Waals surface area (Å²) in [5.74, 6) is 0.113. The van der Waals surface area contributed by atoms with E-state index >= 15 is 0 Å². The van der Waals surface area contributed by atoms with Gasteiger partial charge in [-0.15, -0.1) is 0 Å². The first-order valence-corrected chi connectivity index (χ1v) is 14.4. The maximum absolute atomic E-state index is 13.5. The number of β-amino-alcohol motifs (C(OH)–C–C–N with tert-alkyl or cyclic N) is 1. The molecule has 224 valence electrons. The fraction of sp³-hybridized carbons (Fsp3) is 0.548. The Kier molecular flexibility index (Phi) is 10.6.